The first-order valence-electron chi connectivity index (χ1n) is 9.32. The summed E-state index contributed by atoms with van der Waals surface area (Å²) < 4.78 is 7.30. The minimum Gasteiger partial charge on any atom is -0.456 e. The van der Waals surface area contributed by atoms with Crippen LogP contribution in [0.2, 0.25) is 0 Å². The highest BCUT2D eigenvalue weighted by Crippen LogP contribution is 2.45. The van der Waals surface area contributed by atoms with Gasteiger partial charge in [-0.1, -0.05) is 78.9 Å². The SMILES string of the molecule is Brc1c2ccccc2c(-c2cccc3oc4ccccc4c23)c2ccccc12. The third kappa shape index (κ3) is 2.12. The first kappa shape index (κ1) is 15.9. The molecule has 0 saturated heterocycles. The van der Waals surface area contributed by atoms with E-state index >= 15 is 0 Å². The van der Waals surface area contributed by atoms with Crippen molar-refractivity contribution in [3.05, 3.63) is 95.5 Å². The lowest BCUT2D eigenvalue weighted by atomic mass is 9.90. The number of hydrogen-bond acceptors (Lipinski definition) is 1. The number of furan rings is 1. The predicted octanol–water partition coefficient (Wildman–Crippen LogP) is 8.32. The van der Waals surface area contributed by atoms with Crippen molar-refractivity contribution in [1.29, 1.82) is 0 Å². The van der Waals surface area contributed by atoms with Crippen LogP contribution < -0.4 is 0 Å². The van der Waals surface area contributed by atoms with E-state index in [4.69, 9.17) is 4.42 Å². The normalized spacial score (nSPS) is 11.8. The third-order valence-electron chi connectivity index (χ3n) is 5.54. The van der Waals surface area contributed by atoms with Crippen LogP contribution in [0.25, 0.3) is 54.6 Å². The van der Waals surface area contributed by atoms with Crippen molar-refractivity contribution in [2.75, 3.05) is 0 Å². The molecule has 0 amide bonds. The van der Waals surface area contributed by atoms with E-state index in [1.807, 2.05) is 12.1 Å². The van der Waals surface area contributed by atoms with Gasteiger partial charge in [0, 0.05) is 15.2 Å². The van der Waals surface area contributed by atoms with E-state index in [0.717, 1.165) is 21.0 Å². The van der Waals surface area contributed by atoms with Gasteiger partial charge in [0.15, 0.2) is 0 Å². The van der Waals surface area contributed by atoms with Crippen LogP contribution in [0.15, 0.2) is 99.9 Å². The summed E-state index contributed by atoms with van der Waals surface area (Å²) in [5.41, 5.74) is 4.32. The number of rotatable bonds is 1. The second-order valence-corrected chi connectivity index (χ2v) is 7.85. The second kappa shape index (κ2) is 5.95. The number of halogens is 1. The largest absolute Gasteiger partial charge is 0.456 e. The van der Waals surface area contributed by atoms with Gasteiger partial charge in [-0.15, -0.1) is 0 Å². The highest BCUT2D eigenvalue weighted by atomic mass is 79.9. The van der Waals surface area contributed by atoms with Gasteiger partial charge in [0.2, 0.25) is 0 Å². The molecule has 1 aromatic heterocycles. The number of para-hydroxylation sites is 1. The Morgan fingerprint density at radius 1 is 0.500 bits per heavy atom. The lowest BCUT2D eigenvalue weighted by Gasteiger charge is -2.15. The van der Waals surface area contributed by atoms with Gasteiger partial charge >= 0.3 is 0 Å². The highest BCUT2D eigenvalue weighted by Gasteiger charge is 2.18. The fourth-order valence-electron chi connectivity index (χ4n) is 4.35. The number of fused-ring (bicyclic) bond motifs is 5. The zero-order valence-electron chi connectivity index (χ0n) is 14.9. The number of hydrogen-bond donors (Lipinski definition) is 0. The zero-order chi connectivity index (χ0) is 18.7. The summed E-state index contributed by atoms with van der Waals surface area (Å²) in [6.07, 6.45) is 0. The molecule has 0 spiro atoms. The molecule has 1 heterocycles. The van der Waals surface area contributed by atoms with Crippen molar-refractivity contribution in [2.45, 2.75) is 0 Å². The molecule has 5 aromatic carbocycles. The summed E-state index contributed by atoms with van der Waals surface area (Å²) in [4.78, 5) is 0. The van der Waals surface area contributed by atoms with Gasteiger partial charge < -0.3 is 4.42 Å². The van der Waals surface area contributed by atoms with Crippen molar-refractivity contribution >= 4 is 59.4 Å². The molecule has 1 nitrogen and oxygen atoms in total. The maximum Gasteiger partial charge on any atom is 0.136 e. The molecule has 6 rings (SSSR count). The molecule has 0 radical (unpaired) electrons. The van der Waals surface area contributed by atoms with Gasteiger partial charge in [0.1, 0.15) is 11.2 Å². The van der Waals surface area contributed by atoms with Crippen molar-refractivity contribution < 1.29 is 4.42 Å². The molecule has 0 aliphatic carbocycles. The molecule has 0 unspecified atom stereocenters. The van der Waals surface area contributed by atoms with E-state index in [0.29, 0.717) is 0 Å². The average Bonchev–Trinajstić information content (AvgIpc) is 3.13. The van der Waals surface area contributed by atoms with Gasteiger partial charge in [-0.25, -0.2) is 0 Å². The highest BCUT2D eigenvalue weighted by molar-refractivity contribution is 9.10. The molecule has 0 saturated carbocycles. The summed E-state index contributed by atoms with van der Waals surface area (Å²) in [6.45, 7) is 0. The maximum atomic E-state index is 6.15. The summed E-state index contributed by atoms with van der Waals surface area (Å²) in [6, 6.07) is 31.9. The molecule has 0 N–H and O–H groups in total. The van der Waals surface area contributed by atoms with Crippen LogP contribution in [0, 0.1) is 0 Å². The van der Waals surface area contributed by atoms with Crippen LogP contribution >= 0.6 is 15.9 Å². The topological polar surface area (TPSA) is 13.1 Å². The second-order valence-electron chi connectivity index (χ2n) is 7.06. The van der Waals surface area contributed by atoms with E-state index in [1.165, 1.54) is 38.1 Å². The van der Waals surface area contributed by atoms with Crippen molar-refractivity contribution in [3.63, 3.8) is 0 Å². The fraction of sp³-hybridized carbons (Fsp3) is 0. The Hall–Kier alpha value is -3.10. The fourth-order valence-corrected chi connectivity index (χ4v) is 5.04. The molecule has 132 valence electrons. The summed E-state index contributed by atoms with van der Waals surface area (Å²) in [5.74, 6) is 0. The predicted molar refractivity (Wildman–Crippen MR) is 122 cm³/mol. The Balaban J connectivity index is 1.90. The average molecular weight is 423 g/mol. The zero-order valence-corrected chi connectivity index (χ0v) is 16.5. The molecule has 0 aliphatic rings. The van der Waals surface area contributed by atoms with E-state index in [2.05, 4.69) is 94.8 Å². The molecule has 28 heavy (non-hydrogen) atoms. The van der Waals surface area contributed by atoms with Gasteiger partial charge in [0.05, 0.1) is 0 Å². The molecule has 0 aliphatic heterocycles. The first-order chi connectivity index (χ1) is 13.8. The summed E-state index contributed by atoms with van der Waals surface area (Å²) in [5, 5.41) is 7.26. The molecular weight excluding hydrogens is 408 g/mol. The van der Waals surface area contributed by atoms with E-state index in [-0.39, 0.29) is 0 Å². The monoisotopic (exact) mass is 422 g/mol. The van der Waals surface area contributed by atoms with Crippen LogP contribution in [0.3, 0.4) is 0 Å². The Morgan fingerprint density at radius 3 is 1.71 bits per heavy atom. The van der Waals surface area contributed by atoms with Crippen LogP contribution in [0.4, 0.5) is 0 Å². The van der Waals surface area contributed by atoms with Crippen molar-refractivity contribution in [3.8, 4) is 11.1 Å². The standard InChI is InChI=1S/C26H15BrO/c27-26-18-10-3-1-8-16(18)24(17-9-2-4-11-19(17)26)21-13-7-15-23-25(21)20-12-5-6-14-22(20)28-23/h1-15H. The summed E-state index contributed by atoms with van der Waals surface area (Å²) >= 11 is 3.85. The van der Waals surface area contributed by atoms with E-state index in [1.54, 1.807) is 0 Å². The van der Waals surface area contributed by atoms with Gasteiger partial charge in [-0.3, -0.25) is 0 Å². The van der Waals surface area contributed by atoms with Gasteiger partial charge in [-0.2, -0.15) is 0 Å². The quantitative estimate of drug-likeness (QED) is 0.242. The van der Waals surface area contributed by atoms with Crippen molar-refractivity contribution in [1.82, 2.24) is 0 Å². The number of benzene rings is 5. The van der Waals surface area contributed by atoms with Gasteiger partial charge in [0.25, 0.3) is 0 Å². The van der Waals surface area contributed by atoms with Crippen LogP contribution in [0.1, 0.15) is 0 Å². The Morgan fingerprint density at radius 2 is 1.04 bits per heavy atom. The first-order valence-corrected chi connectivity index (χ1v) is 10.1. The summed E-state index contributed by atoms with van der Waals surface area (Å²) in [7, 11) is 0. The maximum absolute atomic E-state index is 6.15. The molecule has 6 aromatic rings. The van der Waals surface area contributed by atoms with E-state index in [9.17, 15) is 0 Å². The molecule has 0 bridgehead atoms. The lowest BCUT2D eigenvalue weighted by Crippen LogP contribution is -1.88. The third-order valence-corrected chi connectivity index (χ3v) is 6.39. The minimum atomic E-state index is 0.926. The van der Waals surface area contributed by atoms with Crippen LogP contribution in [-0.4, -0.2) is 0 Å². The lowest BCUT2D eigenvalue weighted by molar-refractivity contribution is 0.669. The van der Waals surface area contributed by atoms with Crippen LogP contribution in [0.5, 0.6) is 0 Å². The van der Waals surface area contributed by atoms with Crippen LogP contribution in [-0.2, 0) is 0 Å². The smallest absolute Gasteiger partial charge is 0.136 e. The molecule has 0 atom stereocenters. The molecular formula is C26H15BrO. The minimum absolute atomic E-state index is 0.926. The molecule has 2 heteroatoms. The van der Waals surface area contributed by atoms with E-state index < -0.39 is 0 Å². The Kier molecular flexibility index (Phi) is 3.38. The Bertz CT molecular complexity index is 1470. The van der Waals surface area contributed by atoms with Gasteiger partial charge in [-0.05, 0) is 60.7 Å². The molecule has 0 fully saturated rings. The van der Waals surface area contributed by atoms with Crippen molar-refractivity contribution in [2.24, 2.45) is 0 Å². The Labute approximate surface area is 170 Å².